The van der Waals surface area contributed by atoms with Crippen molar-refractivity contribution in [3.8, 4) is 5.75 Å². The smallest absolute Gasteiger partial charge is 0.279 e. The van der Waals surface area contributed by atoms with Crippen LogP contribution in [0.25, 0.3) is 0 Å². The van der Waals surface area contributed by atoms with Gasteiger partial charge >= 0.3 is 0 Å². The van der Waals surface area contributed by atoms with Gasteiger partial charge in [-0.2, -0.15) is 0 Å². The highest BCUT2D eigenvalue weighted by molar-refractivity contribution is 5.92. The number of ether oxygens (including phenoxy) is 1. The van der Waals surface area contributed by atoms with E-state index in [2.05, 4.69) is 42.6 Å². The molecular formula is C23H31N3O2+2. The Kier molecular flexibility index (Phi) is 5.64. The Morgan fingerprint density at radius 2 is 1.82 bits per heavy atom. The molecule has 2 aliphatic heterocycles. The third-order valence-electron chi connectivity index (χ3n) is 5.95. The fraction of sp³-hybridized carbons (Fsp3) is 0.435. The van der Waals surface area contributed by atoms with Crippen LogP contribution < -0.4 is 19.9 Å². The molecule has 1 amide bonds. The van der Waals surface area contributed by atoms with Crippen molar-refractivity contribution in [2.45, 2.75) is 26.8 Å². The molecule has 0 aromatic heterocycles. The summed E-state index contributed by atoms with van der Waals surface area (Å²) in [6.07, 6.45) is 1.03. The van der Waals surface area contributed by atoms with Crippen LogP contribution in [0.15, 0.2) is 36.4 Å². The molecule has 0 atom stereocenters. The highest BCUT2D eigenvalue weighted by Gasteiger charge is 2.25. The van der Waals surface area contributed by atoms with Gasteiger partial charge < -0.3 is 19.9 Å². The molecule has 0 spiro atoms. The van der Waals surface area contributed by atoms with Crippen LogP contribution in [0.1, 0.15) is 22.3 Å². The number of anilines is 1. The molecule has 5 heteroatoms. The zero-order valence-electron chi connectivity index (χ0n) is 16.9. The van der Waals surface area contributed by atoms with Crippen LogP contribution in [-0.4, -0.2) is 45.2 Å². The summed E-state index contributed by atoms with van der Waals surface area (Å²) in [5.41, 5.74) is 5.97. The van der Waals surface area contributed by atoms with Gasteiger partial charge in [0.1, 0.15) is 38.5 Å². The first-order valence-electron chi connectivity index (χ1n) is 10.4. The Labute approximate surface area is 167 Å². The molecule has 2 aromatic rings. The summed E-state index contributed by atoms with van der Waals surface area (Å²) in [6.45, 7) is 10.8. The fourth-order valence-electron chi connectivity index (χ4n) is 4.24. The molecule has 5 nitrogen and oxygen atoms in total. The van der Waals surface area contributed by atoms with Crippen molar-refractivity contribution >= 4 is 11.6 Å². The third kappa shape index (κ3) is 4.54. The quantitative estimate of drug-likeness (QED) is 0.691. The van der Waals surface area contributed by atoms with E-state index in [1.165, 1.54) is 21.6 Å². The lowest BCUT2D eigenvalue weighted by molar-refractivity contribution is -1.02. The molecule has 2 aromatic carbocycles. The molecular weight excluding hydrogens is 350 g/mol. The molecule has 0 radical (unpaired) electrons. The van der Waals surface area contributed by atoms with E-state index in [-0.39, 0.29) is 5.91 Å². The van der Waals surface area contributed by atoms with Gasteiger partial charge in [0, 0.05) is 17.7 Å². The molecule has 1 saturated heterocycles. The lowest BCUT2D eigenvalue weighted by Gasteiger charge is -2.29. The van der Waals surface area contributed by atoms with Crippen LogP contribution in [0.5, 0.6) is 5.75 Å². The summed E-state index contributed by atoms with van der Waals surface area (Å²) in [4.78, 5) is 15.5. The van der Waals surface area contributed by atoms with Crippen LogP contribution in [0.2, 0.25) is 0 Å². The maximum Gasteiger partial charge on any atom is 0.279 e. The molecule has 3 N–H and O–H groups in total. The average molecular weight is 382 g/mol. The standard InChI is InChI=1S/C23H29N3O2/c1-17-3-4-18(2)21(13-17)24-23(27)16-26-10-8-25(9-11-26)15-19-5-6-22-20(14-19)7-12-28-22/h3-6,13-14H,7-12,15-16H2,1-2H3,(H,24,27)/p+2. The minimum Gasteiger partial charge on any atom is -0.493 e. The maximum absolute atomic E-state index is 12.5. The molecule has 2 heterocycles. The van der Waals surface area contributed by atoms with Crippen LogP contribution in [0.4, 0.5) is 5.69 Å². The molecule has 148 valence electrons. The number of piperazine rings is 1. The number of hydrogen-bond donors (Lipinski definition) is 3. The Balaban J connectivity index is 1.25. The van der Waals surface area contributed by atoms with E-state index in [9.17, 15) is 4.79 Å². The highest BCUT2D eigenvalue weighted by Crippen LogP contribution is 2.25. The largest absolute Gasteiger partial charge is 0.493 e. The Morgan fingerprint density at radius 1 is 1.04 bits per heavy atom. The van der Waals surface area contributed by atoms with Gasteiger partial charge in [-0.15, -0.1) is 0 Å². The van der Waals surface area contributed by atoms with E-state index >= 15 is 0 Å². The first kappa shape index (κ1) is 19.0. The van der Waals surface area contributed by atoms with E-state index in [1.807, 2.05) is 13.0 Å². The Bertz CT molecular complexity index is 857. The van der Waals surface area contributed by atoms with Gasteiger partial charge in [0.05, 0.1) is 6.61 Å². The zero-order chi connectivity index (χ0) is 19.5. The van der Waals surface area contributed by atoms with Crippen molar-refractivity contribution in [1.29, 1.82) is 0 Å². The molecule has 0 saturated carbocycles. The van der Waals surface area contributed by atoms with Crippen molar-refractivity contribution in [3.63, 3.8) is 0 Å². The average Bonchev–Trinajstić information content (AvgIpc) is 3.14. The lowest BCUT2D eigenvalue weighted by Crippen LogP contribution is -3.28. The number of benzene rings is 2. The van der Waals surface area contributed by atoms with Crippen LogP contribution in [-0.2, 0) is 17.8 Å². The second-order valence-electron chi connectivity index (χ2n) is 8.26. The predicted molar refractivity (Wildman–Crippen MR) is 110 cm³/mol. The number of hydrogen-bond acceptors (Lipinski definition) is 2. The summed E-state index contributed by atoms with van der Waals surface area (Å²) in [5.74, 6) is 1.17. The number of rotatable bonds is 5. The number of fused-ring (bicyclic) bond motifs is 1. The van der Waals surface area contributed by atoms with Crippen molar-refractivity contribution in [3.05, 3.63) is 58.7 Å². The minimum absolute atomic E-state index is 0.116. The van der Waals surface area contributed by atoms with Crippen molar-refractivity contribution in [1.82, 2.24) is 0 Å². The number of carbonyl (C=O) groups is 1. The Morgan fingerprint density at radius 3 is 2.64 bits per heavy atom. The summed E-state index contributed by atoms with van der Waals surface area (Å²) in [6, 6.07) is 12.8. The van der Waals surface area contributed by atoms with Gasteiger partial charge in [0.25, 0.3) is 5.91 Å². The molecule has 1 fully saturated rings. The van der Waals surface area contributed by atoms with E-state index in [0.717, 1.165) is 62.8 Å². The summed E-state index contributed by atoms with van der Waals surface area (Å²) >= 11 is 0. The van der Waals surface area contributed by atoms with Gasteiger partial charge in [-0.1, -0.05) is 12.1 Å². The molecule has 28 heavy (non-hydrogen) atoms. The first-order chi connectivity index (χ1) is 13.6. The minimum atomic E-state index is 0.116. The third-order valence-corrected chi connectivity index (χ3v) is 5.95. The van der Waals surface area contributed by atoms with Crippen LogP contribution in [0.3, 0.4) is 0 Å². The number of aryl methyl sites for hydroxylation is 2. The second kappa shape index (κ2) is 8.33. The number of amides is 1. The van der Waals surface area contributed by atoms with Gasteiger partial charge in [-0.3, -0.25) is 4.79 Å². The van der Waals surface area contributed by atoms with E-state index in [0.29, 0.717) is 6.54 Å². The molecule has 2 aliphatic rings. The fourth-order valence-corrected chi connectivity index (χ4v) is 4.24. The van der Waals surface area contributed by atoms with Crippen molar-refractivity contribution in [2.75, 3.05) is 44.6 Å². The zero-order valence-corrected chi connectivity index (χ0v) is 16.9. The van der Waals surface area contributed by atoms with Gasteiger partial charge in [-0.05, 0) is 54.8 Å². The molecule has 4 rings (SSSR count). The monoisotopic (exact) mass is 381 g/mol. The molecule has 0 aliphatic carbocycles. The summed E-state index contributed by atoms with van der Waals surface area (Å²) in [7, 11) is 0. The lowest BCUT2D eigenvalue weighted by atomic mass is 10.1. The predicted octanol–water partition coefficient (Wildman–Crippen LogP) is 0.160. The first-order valence-corrected chi connectivity index (χ1v) is 10.4. The van der Waals surface area contributed by atoms with E-state index in [4.69, 9.17) is 4.74 Å². The number of nitrogens with one attached hydrogen (secondary N) is 3. The summed E-state index contributed by atoms with van der Waals surface area (Å²) < 4.78 is 5.60. The molecule has 0 unspecified atom stereocenters. The highest BCUT2D eigenvalue weighted by atomic mass is 16.5. The van der Waals surface area contributed by atoms with Gasteiger partial charge in [0.2, 0.25) is 0 Å². The normalized spacial score (nSPS) is 21.1. The van der Waals surface area contributed by atoms with Crippen molar-refractivity contribution in [2.24, 2.45) is 0 Å². The second-order valence-corrected chi connectivity index (χ2v) is 8.26. The van der Waals surface area contributed by atoms with Gasteiger partial charge in [0.15, 0.2) is 6.54 Å². The summed E-state index contributed by atoms with van der Waals surface area (Å²) in [5, 5.41) is 3.09. The SMILES string of the molecule is Cc1ccc(C)c(NC(=O)C[NH+]2CC[NH+](Cc3ccc4c(c3)CCO4)CC2)c1. The topological polar surface area (TPSA) is 47.2 Å². The maximum atomic E-state index is 12.5. The van der Waals surface area contributed by atoms with Crippen molar-refractivity contribution < 1.29 is 19.3 Å². The Hall–Kier alpha value is -2.37. The van der Waals surface area contributed by atoms with Gasteiger partial charge in [-0.25, -0.2) is 0 Å². The number of carbonyl (C=O) groups excluding carboxylic acids is 1. The van der Waals surface area contributed by atoms with E-state index in [1.54, 1.807) is 4.90 Å². The van der Waals surface area contributed by atoms with Crippen LogP contribution in [0, 0.1) is 13.8 Å². The van der Waals surface area contributed by atoms with Crippen LogP contribution >= 0.6 is 0 Å². The van der Waals surface area contributed by atoms with E-state index < -0.39 is 0 Å². The molecule has 0 bridgehead atoms. The number of quaternary nitrogens is 2.